The van der Waals surface area contributed by atoms with E-state index in [4.69, 9.17) is 11.6 Å². The van der Waals surface area contributed by atoms with Gasteiger partial charge in [0.15, 0.2) is 0 Å². The maximum Gasteiger partial charge on any atom is 0.278 e. The van der Waals surface area contributed by atoms with Crippen LogP contribution in [0.4, 0.5) is 0 Å². The zero-order valence-corrected chi connectivity index (χ0v) is 9.92. The largest absolute Gasteiger partial charge is 0.278 e. The van der Waals surface area contributed by atoms with E-state index in [0.717, 1.165) is 5.56 Å². The number of hydrogen-bond acceptors (Lipinski definition) is 4. The summed E-state index contributed by atoms with van der Waals surface area (Å²) >= 11 is 6.06. The Morgan fingerprint density at radius 1 is 1.28 bits per heavy atom. The maximum absolute atomic E-state index is 12.1. The van der Waals surface area contributed by atoms with Gasteiger partial charge in [-0.2, -0.15) is 9.73 Å². The molecule has 1 aromatic carbocycles. The molecule has 6 nitrogen and oxygen atoms in total. The van der Waals surface area contributed by atoms with Crippen LogP contribution in [0.1, 0.15) is 11.1 Å². The van der Waals surface area contributed by atoms with Gasteiger partial charge in [0.05, 0.1) is 0 Å². The number of nitrogens with one attached hydrogen (secondary N) is 1. The molecule has 3 rings (SSSR count). The van der Waals surface area contributed by atoms with Gasteiger partial charge < -0.3 is 0 Å². The second-order valence-corrected chi connectivity index (χ2v) is 4.20. The van der Waals surface area contributed by atoms with Crippen molar-refractivity contribution in [3.63, 3.8) is 0 Å². The van der Waals surface area contributed by atoms with Crippen molar-refractivity contribution in [3.8, 4) is 0 Å². The molecule has 0 aliphatic heterocycles. The third-order valence-corrected chi connectivity index (χ3v) is 3.01. The van der Waals surface area contributed by atoms with Crippen molar-refractivity contribution in [1.29, 1.82) is 0 Å². The summed E-state index contributed by atoms with van der Waals surface area (Å²) in [4.78, 5) is 16.1. The third-order valence-electron chi connectivity index (χ3n) is 2.64. The molecular weight excluding hydrogens is 254 g/mol. The molecule has 0 amide bonds. The number of rotatable bonds is 2. The lowest BCUT2D eigenvalue weighted by Crippen LogP contribution is -2.20. The molecule has 18 heavy (non-hydrogen) atoms. The van der Waals surface area contributed by atoms with Gasteiger partial charge in [-0.05, 0) is 16.8 Å². The summed E-state index contributed by atoms with van der Waals surface area (Å²) < 4.78 is 1.20. The lowest BCUT2D eigenvalue weighted by molar-refractivity contribution is 0.791. The molecule has 0 unspecified atom stereocenters. The van der Waals surface area contributed by atoms with E-state index in [9.17, 15) is 4.79 Å². The minimum absolute atomic E-state index is 0.218. The molecule has 2 heterocycles. The number of nitrogens with zero attached hydrogens (tertiary/aromatic N) is 4. The quantitative estimate of drug-likeness (QED) is 0.748. The van der Waals surface area contributed by atoms with Gasteiger partial charge >= 0.3 is 0 Å². The Labute approximate surface area is 106 Å². The van der Waals surface area contributed by atoms with Crippen LogP contribution in [0.15, 0.2) is 35.3 Å². The molecule has 0 spiro atoms. The Morgan fingerprint density at radius 3 is 2.94 bits per heavy atom. The van der Waals surface area contributed by atoms with E-state index in [1.807, 2.05) is 18.2 Å². The molecular formula is C11H8ClN5O. The molecule has 0 fully saturated rings. The number of H-pyrrole nitrogens is 1. The van der Waals surface area contributed by atoms with Crippen molar-refractivity contribution in [1.82, 2.24) is 25.0 Å². The Hall–Kier alpha value is -2.21. The summed E-state index contributed by atoms with van der Waals surface area (Å²) in [5.41, 5.74) is 1.20. The number of fused-ring (bicyclic) bond motifs is 1. The highest BCUT2D eigenvalue weighted by Crippen LogP contribution is 2.17. The number of halogens is 1. The maximum atomic E-state index is 12.1. The predicted molar refractivity (Wildman–Crippen MR) is 65.7 cm³/mol. The van der Waals surface area contributed by atoms with E-state index in [-0.39, 0.29) is 11.3 Å². The van der Waals surface area contributed by atoms with E-state index in [1.165, 1.54) is 10.7 Å². The summed E-state index contributed by atoms with van der Waals surface area (Å²) in [5.74, 6) is 0.253. The summed E-state index contributed by atoms with van der Waals surface area (Å²) in [6.45, 7) is 0. The molecule has 0 atom stereocenters. The Morgan fingerprint density at radius 2 is 2.11 bits per heavy atom. The summed E-state index contributed by atoms with van der Waals surface area (Å²) in [7, 11) is 0. The van der Waals surface area contributed by atoms with Crippen molar-refractivity contribution in [2.45, 2.75) is 6.42 Å². The highest BCUT2D eigenvalue weighted by atomic mass is 35.5. The number of hydrogen-bond donors (Lipinski definition) is 1. The molecule has 0 saturated carbocycles. The fraction of sp³-hybridized carbons (Fsp3) is 0.0909. The first-order valence-electron chi connectivity index (χ1n) is 5.27. The first-order valence-corrected chi connectivity index (χ1v) is 5.64. The van der Waals surface area contributed by atoms with Gasteiger partial charge in [-0.25, -0.2) is 4.98 Å². The van der Waals surface area contributed by atoms with Gasteiger partial charge in [-0.15, -0.1) is 0 Å². The minimum atomic E-state index is -0.218. The molecule has 0 aliphatic carbocycles. The van der Waals surface area contributed by atoms with Gasteiger partial charge in [0.1, 0.15) is 0 Å². The van der Waals surface area contributed by atoms with Crippen LogP contribution in [0.5, 0.6) is 0 Å². The van der Waals surface area contributed by atoms with E-state index in [1.54, 1.807) is 6.07 Å². The monoisotopic (exact) mass is 261 g/mol. The normalized spacial score (nSPS) is 10.9. The highest BCUT2D eigenvalue weighted by molar-refractivity contribution is 6.31. The Balaban J connectivity index is 2.08. The van der Waals surface area contributed by atoms with Crippen molar-refractivity contribution in [3.05, 3.63) is 57.0 Å². The zero-order valence-electron chi connectivity index (χ0n) is 9.17. The van der Waals surface area contributed by atoms with Crippen molar-refractivity contribution >= 4 is 17.4 Å². The average Bonchev–Trinajstić information content (AvgIpc) is 2.84. The van der Waals surface area contributed by atoms with Gasteiger partial charge in [-0.1, -0.05) is 34.9 Å². The average molecular weight is 262 g/mol. The second kappa shape index (κ2) is 4.23. The lowest BCUT2D eigenvalue weighted by Gasteiger charge is -2.03. The molecule has 0 radical (unpaired) electrons. The molecule has 3 aromatic rings. The first kappa shape index (κ1) is 10.9. The highest BCUT2D eigenvalue weighted by Gasteiger charge is 2.09. The molecule has 0 saturated heterocycles. The molecule has 0 bridgehead atoms. The smallest absolute Gasteiger partial charge is 0.267 e. The van der Waals surface area contributed by atoms with Crippen LogP contribution in [0, 0.1) is 0 Å². The summed E-state index contributed by atoms with van der Waals surface area (Å²) in [5, 5.41) is 10.3. The number of tetrazole rings is 1. The van der Waals surface area contributed by atoms with Gasteiger partial charge in [0.2, 0.25) is 0 Å². The van der Waals surface area contributed by atoms with Crippen molar-refractivity contribution in [2.75, 3.05) is 0 Å². The van der Waals surface area contributed by atoms with Gasteiger partial charge in [-0.3, -0.25) is 4.79 Å². The van der Waals surface area contributed by atoms with Crippen LogP contribution in [0.25, 0.3) is 5.78 Å². The van der Waals surface area contributed by atoms with Crippen LogP contribution in [0.3, 0.4) is 0 Å². The van der Waals surface area contributed by atoms with E-state index in [2.05, 4.69) is 20.5 Å². The molecule has 90 valence electrons. The molecule has 2 aromatic heterocycles. The Kier molecular flexibility index (Phi) is 2.56. The van der Waals surface area contributed by atoms with Crippen molar-refractivity contribution < 1.29 is 0 Å². The standard InChI is InChI=1S/C11H8ClN5O/c12-9-4-2-1-3-7(9)5-8-6-13-11-14-15-16-17(11)10(8)18/h1-4,6H,5H2,(H,13,14,16). The van der Waals surface area contributed by atoms with Gasteiger partial charge in [0, 0.05) is 23.2 Å². The SMILES string of the molecule is O=c1c(Cc2ccccc2Cl)cnc2nn[nH]n12. The van der Waals surface area contributed by atoms with Crippen LogP contribution in [-0.2, 0) is 6.42 Å². The summed E-state index contributed by atoms with van der Waals surface area (Å²) in [6.07, 6.45) is 1.93. The second-order valence-electron chi connectivity index (χ2n) is 3.79. The lowest BCUT2D eigenvalue weighted by atomic mass is 10.1. The molecule has 7 heteroatoms. The third kappa shape index (κ3) is 1.76. The van der Waals surface area contributed by atoms with Crippen LogP contribution >= 0.6 is 11.6 Å². The molecule has 1 N–H and O–H groups in total. The number of aromatic nitrogens is 5. The Bertz CT molecular complexity index is 763. The topological polar surface area (TPSA) is 75.9 Å². The fourth-order valence-corrected chi connectivity index (χ4v) is 1.93. The zero-order chi connectivity index (χ0) is 12.5. The van der Waals surface area contributed by atoms with E-state index in [0.29, 0.717) is 17.0 Å². The number of benzene rings is 1. The summed E-state index contributed by atoms with van der Waals surface area (Å²) in [6, 6.07) is 7.39. The van der Waals surface area contributed by atoms with Crippen LogP contribution in [0.2, 0.25) is 5.02 Å². The fourth-order valence-electron chi connectivity index (χ4n) is 1.72. The van der Waals surface area contributed by atoms with E-state index >= 15 is 0 Å². The van der Waals surface area contributed by atoms with Crippen molar-refractivity contribution in [2.24, 2.45) is 0 Å². The van der Waals surface area contributed by atoms with Crippen LogP contribution in [-0.4, -0.2) is 25.0 Å². The minimum Gasteiger partial charge on any atom is -0.267 e. The predicted octanol–water partition coefficient (Wildman–Crippen LogP) is 1.06. The van der Waals surface area contributed by atoms with Crippen LogP contribution < -0.4 is 5.56 Å². The molecule has 0 aliphatic rings. The van der Waals surface area contributed by atoms with E-state index < -0.39 is 0 Å². The number of aromatic amines is 1. The van der Waals surface area contributed by atoms with Gasteiger partial charge in [0.25, 0.3) is 11.3 Å². The first-order chi connectivity index (χ1) is 8.75.